The Kier molecular flexibility index (Phi) is 6.16. The summed E-state index contributed by atoms with van der Waals surface area (Å²) >= 11 is 1.29. The monoisotopic (exact) mass is 394 g/mol. The molecule has 2 amide bonds. The molecule has 2 N–H and O–H groups in total. The van der Waals surface area contributed by atoms with Crippen LogP contribution in [0.5, 0.6) is 0 Å². The zero-order valence-corrected chi connectivity index (χ0v) is 16.8. The maximum atomic E-state index is 12.4. The molecule has 1 aromatic heterocycles. The average molecular weight is 395 g/mol. The van der Waals surface area contributed by atoms with Gasteiger partial charge in [-0.15, -0.1) is 10.2 Å². The number of nitrogens with one attached hydrogen (secondary N) is 2. The molecular weight excluding hydrogens is 372 g/mol. The van der Waals surface area contributed by atoms with Crippen LogP contribution in [0.4, 0.5) is 5.13 Å². The predicted molar refractivity (Wildman–Crippen MR) is 111 cm³/mol. The molecule has 1 heterocycles. The largest absolute Gasteiger partial charge is 0.341 e. The van der Waals surface area contributed by atoms with Crippen LogP contribution in [0.1, 0.15) is 35.3 Å². The fourth-order valence-corrected chi connectivity index (χ4v) is 3.36. The number of hydrogen-bond donors (Lipinski definition) is 2. The second-order valence-electron chi connectivity index (χ2n) is 6.52. The predicted octanol–water partition coefficient (Wildman–Crippen LogP) is 3.83. The molecule has 0 fully saturated rings. The van der Waals surface area contributed by atoms with Gasteiger partial charge in [-0.25, -0.2) is 0 Å². The second-order valence-corrected chi connectivity index (χ2v) is 7.49. The minimum Gasteiger partial charge on any atom is -0.341 e. The Balaban J connectivity index is 1.60. The standard InChI is InChI=1S/C21H22N4O2S/c1-4-15-8-10-16(11-9-15)19(27)22-14(3)18(26)23-21-25-24-20(28-21)17-7-5-6-13(2)12-17/h5-12,14H,4H2,1-3H3,(H,22,27)(H,23,25,26)/t14-/m1/s1. The Morgan fingerprint density at radius 3 is 2.54 bits per heavy atom. The topological polar surface area (TPSA) is 84.0 Å². The fraction of sp³-hybridized carbons (Fsp3) is 0.238. The van der Waals surface area contributed by atoms with Gasteiger partial charge in [-0.1, -0.05) is 54.2 Å². The van der Waals surface area contributed by atoms with Crippen LogP contribution in [0.2, 0.25) is 0 Å². The van der Waals surface area contributed by atoms with Crippen LogP contribution in [0, 0.1) is 6.92 Å². The highest BCUT2D eigenvalue weighted by Gasteiger charge is 2.18. The van der Waals surface area contributed by atoms with Gasteiger partial charge in [-0.2, -0.15) is 0 Å². The van der Waals surface area contributed by atoms with E-state index in [9.17, 15) is 9.59 Å². The van der Waals surface area contributed by atoms with E-state index in [2.05, 4.69) is 27.8 Å². The molecule has 0 spiro atoms. The lowest BCUT2D eigenvalue weighted by atomic mass is 10.1. The van der Waals surface area contributed by atoms with Crippen LogP contribution in [0.25, 0.3) is 10.6 Å². The summed E-state index contributed by atoms with van der Waals surface area (Å²) in [6, 6.07) is 14.6. The first-order valence-corrected chi connectivity index (χ1v) is 9.89. The van der Waals surface area contributed by atoms with Crippen LogP contribution in [-0.2, 0) is 11.2 Å². The van der Waals surface area contributed by atoms with Crippen molar-refractivity contribution in [2.45, 2.75) is 33.2 Å². The summed E-state index contributed by atoms with van der Waals surface area (Å²) in [4.78, 5) is 24.7. The summed E-state index contributed by atoms with van der Waals surface area (Å²) in [5.41, 5.74) is 3.76. The molecule has 0 unspecified atom stereocenters. The molecule has 7 heteroatoms. The molecule has 3 rings (SSSR count). The molecular formula is C21H22N4O2S. The van der Waals surface area contributed by atoms with E-state index in [1.54, 1.807) is 19.1 Å². The lowest BCUT2D eigenvalue weighted by molar-refractivity contribution is -0.117. The van der Waals surface area contributed by atoms with Gasteiger partial charge in [-0.3, -0.25) is 14.9 Å². The van der Waals surface area contributed by atoms with Gasteiger partial charge in [0.25, 0.3) is 5.91 Å². The molecule has 28 heavy (non-hydrogen) atoms. The summed E-state index contributed by atoms with van der Waals surface area (Å²) in [5, 5.41) is 14.7. The molecule has 0 radical (unpaired) electrons. The lowest BCUT2D eigenvalue weighted by Crippen LogP contribution is -2.41. The van der Waals surface area contributed by atoms with Crippen molar-refractivity contribution in [2.24, 2.45) is 0 Å². The second kappa shape index (κ2) is 8.75. The van der Waals surface area contributed by atoms with E-state index in [4.69, 9.17) is 0 Å². The third kappa shape index (κ3) is 4.80. The number of carbonyl (C=O) groups is 2. The maximum absolute atomic E-state index is 12.4. The molecule has 0 saturated carbocycles. The van der Waals surface area contributed by atoms with Crippen molar-refractivity contribution in [3.63, 3.8) is 0 Å². The first kappa shape index (κ1) is 19.7. The molecule has 144 valence electrons. The van der Waals surface area contributed by atoms with Crippen molar-refractivity contribution in [1.82, 2.24) is 15.5 Å². The van der Waals surface area contributed by atoms with Gasteiger partial charge < -0.3 is 5.32 Å². The molecule has 0 saturated heterocycles. The first-order chi connectivity index (χ1) is 13.5. The van der Waals surface area contributed by atoms with Gasteiger partial charge >= 0.3 is 0 Å². The highest BCUT2D eigenvalue weighted by molar-refractivity contribution is 7.18. The number of amides is 2. The van der Waals surface area contributed by atoms with E-state index in [-0.39, 0.29) is 11.8 Å². The van der Waals surface area contributed by atoms with Crippen LogP contribution in [0.15, 0.2) is 48.5 Å². The zero-order chi connectivity index (χ0) is 20.1. The van der Waals surface area contributed by atoms with E-state index in [0.29, 0.717) is 10.7 Å². The van der Waals surface area contributed by atoms with Gasteiger partial charge in [-0.05, 0) is 44.0 Å². The number of aryl methyl sites for hydroxylation is 2. The van der Waals surface area contributed by atoms with E-state index in [0.717, 1.165) is 28.1 Å². The summed E-state index contributed by atoms with van der Waals surface area (Å²) in [6.07, 6.45) is 0.910. The van der Waals surface area contributed by atoms with Gasteiger partial charge in [0.15, 0.2) is 0 Å². The highest BCUT2D eigenvalue weighted by Crippen LogP contribution is 2.26. The maximum Gasteiger partial charge on any atom is 0.251 e. The molecule has 0 aliphatic heterocycles. The van der Waals surface area contributed by atoms with Gasteiger partial charge in [0.05, 0.1) is 0 Å². The normalized spacial score (nSPS) is 11.7. The lowest BCUT2D eigenvalue weighted by Gasteiger charge is -2.13. The number of hydrogen-bond acceptors (Lipinski definition) is 5. The minimum atomic E-state index is -0.704. The van der Waals surface area contributed by atoms with Crippen molar-refractivity contribution < 1.29 is 9.59 Å². The van der Waals surface area contributed by atoms with Gasteiger partial charge in [0.1, 0.15) is 11.0 Å². The van der Waals surface area contributed by atoms with E-state index >= 15 is 0 Å². The zero-order valence-electron chi connectivity index (χ0n) is 16.0. The molecule has 2 aromatic carbocycles. The summed E-state index contributed by atoms with van der Waals surface area (Å²) in [6.45, 7) is 5.70. The molecule has 0 aliphatic rings. The number of rotatable bonds is 6. The number of nitrogens with zero attached hydrogens (tertiary/aromatic N) is 2. The Morgan fingerprint density at radius 1 is 1.11 bits per heavy atom. The Bertz CT molecular complexity index is 982. The molecule has 3 aromatic rings. The Morgan fingerprint density at radius 2 is 1.86 bits per heavy atom. The van der Waals surface area contributed by atoms with Crippen molar-refractivity contribution in [3.05, 3.63) is 65.2 Å². The third-order valence-electron chi connectivity index (χ3n) is 4.29. The number of benzene rings is 2. The summed E-state index contributed by atoms with van der Waals surface area (Å²) in [5.74, 6) is -0.631. The quantitative estimate of drug-likeness (QED) is 0.665. The van der Waals surface area contributed by atoms with Crippen LogP contribution >= 0.6 is 11.3 Å². The van der Waals surface area contributed by atoms with E-state index in [1.807, 2.05) is 43.3 Å². The van der Waals surface area contributed by atoms with Gasteiger partial charge in [0, 0.05) is 11.1 Å². The van der Waals surface area contributed by atoms with Crippen molar-refractivity contribution in [1.29, 1.82) is 0 Å². The SMILES string of the molecule is CCc1ccc(C(=O)N[C@H](C)C(=O)Nc2nnc(-c3cccc(C)c3)s2)cc1. The van der Waals surface area contributed by atoms with Crippen molar-refractivity contribution in [3.8, 4) is 10.6 Å². The minimum absolute atomic E-state index is 0.289. The van der Waals surface area contributed by atoms with Crippen LogP contribution in [0.3, 0.4) is 0 Å². The number of aromatic nitrogens is 2. The van der Waals surface area contributed by atoms with Crippen molar-refractivity contribution in [2.75, 3.05) is 5.32 Å². The fourth-order valence-electron chi connectivity index (χ4n) is 2.62. The van der Waals surface area contributed by atoms with Crippen molar-refractivity contribution >= 4 is 28.3 Å². The van der Waals surface area contributed by atoms with E-state index < -0.39 is 6.04 Å². The number of anilines is 1. The average Bonchev–Trinajstić information content (AvgIpc) is 3.16. The van der Waals surface area contributed by atoms with Crippen LogP contribution in [-0.4, -0.2) is 28.1 Å². The Hall–Kier alpha value is -3.06. The smallest absolute Gasteiger partial charge is 0.251 e. The Labute approximate surface area is 168 Å². The molecule has 1 atom stereocenters. The summed E-state index contributed by atoms with van der Waals surface area (Å²) in [7, 11) is 0. The summed E-state index contributed by atoms with van der Waals surface area (Å²) < 4.78 is 0. The van der Waals surface area contributed by atoms with E-state index in [1.165, 1.54) is 11.3 Å². The first-order valence-electron chi connectivity index (χ1n) is 9.07. The molecule has 0 bridgehead atoms. The molecule has 0 aliphatic carbocycles. The molecule has 6 nitrogen and oxygen atoms in total. The van der Waals surface area contributed by atoms with Crippen LogP contribution < -0.4 is 10.6 Å². The third-order valence-corrected chi connectivity index (χ3v) is 5.17. The number of carbonyl (C=O) groups excluding carboxylic acids is 2. The highest BCUT2D eigenvalue weighted by atomic mass is 32.1. The van der Waals surface area contributed by atoms with Gasteiger partial charge in [0.2, 0.25) is 11.0 Å².